The highest BCUT2D eigenvalue weighted by atomic mass is 19.1. The lowest BCUT2D eigenvalue weighted by Crippen LogP contribution is -2.27. The van der Waals surface area contributed by atoms with Crippen molar-refractivity contribution in [2.45, 2.75) is 6.42 Å². The van der Waals surface area contributed by atoms with Gasteiger partial charge in [0, 0.05) is 12.6 Å². The Morgan fingerprint density at radius 1 is 1.00 bits per heavy atom. The molecule has 0 saturated heterocycles. The normalized spacial score (nSPS) is 10.9. The third kappa shape index (κ3) is 3.05. The number of aromatic nitrogens is 2. The number of carbonyl (C=O) groups excluding carboxylic acids is 1. The Bertz CT molecular complexity index is 1230. The van der Waals surface area contributed by atoms with Crippen LogP contribution in [0.25, 0.3) is 16.7 Å². The molecule has 2 aromatic heterocycles. The molecule has 0 unspecified atom stereocenters. The van der Waals surface area contributed by atoms with Crippen LogP contribution in [0.5, 0.6) is 5.75 Å². The van der Waals surface area contributed by atoms with Gasteiger partial charge in [-0.05, 0) is 42.0 Å². The molecule has 0 fully saturated rings. The van der Waals surface area contributed by atoms with Gasteiger partial charge in [-0.3, -0.25) is 14.2 Å². The number of benzene rings is 2. The van der Waals surface area contributed by atoms with Crippen LogP contribution >= 0.6 is 0 Å². The van der Waals surface area contributed by atoms with Crippen LogP contribution in [-0.4, -0.2) is 20.4 Å². The van der Waals surface area contributed by atoms with Gasteiger partial charge in [-0.15, -0.1) is 0 Å². The highest BCUT2D eigenvalue weighted by molar-refractivity contribution is 6.04. The molecule has 0 saturated carbocycles. The fourth-order valence-electron chi connectivity index (χ4n) is 3.15. The van der Waals surface area contributed by atoms with Gasteiger partial charge in [0.05, 0.1) is 11.1 Å². The first-order valence-corrected chi connectivity index (χ1v) is 8.62. The molecule has 2 aromatic carbocycles. The van der Waals surface area contributed by atoms with Crippen LogP contribution in [0.15, 0.2) is 77.7 Å². The Hall–Kier alpha value is -3.80. The largest absolute Gasteiger partial charge is 0.506 e. The van der Waals surface area contributed by atoms with Gasteiger partial charge < -0.3 is 5.11 Å². The van der Waals surface area contributed by atoms with Crippen molar-refractivity contribution in [1.82, 2.24) is 9.55 Å². The third-order valence-electron chi connectivity index (χ3n) is 4.48. The van der Waals surface area contributed by atoms with Gasteiger partial charge in [0.25, 0.3) is 5.56 Å². The number of fused-ring (bicyclic) bond motifs is 1. The van der Waals surface area contributed by atoms with Crippen LogP contribution in [-0.2, 0) is 6.42 Å². The molecule has 0 spiro atoms. The molecule has 0 aliphatic rings. The molecule has 0 atom stereocenters. The van der Waals surface area contributed by atoms with E-state index in [-0.39, 0.29) is 17.6 Å². The fourth-order valence-corrected chi connectivity index (χ4v) is 3.15. The summed E-state index contributed by atoms with van der Waals surface area (Å²) in [4.78, 5) is 30.3. The first-order chi connectivity index (χ1) is 13.6. The number of hydrogen-bond acceptors (Lipinski definition) is 4. The minimum absolute atomic E-state index is 0.135. The lowest BCUT2D eigenvalue weighted by molar-refractivity contribution is 0.0989. The van der Waals surface area contributed by atoms with Gasteiger partial charge in [0.1, 0.15) is 17.1 Å². The Labute approximate surface area is 159 Å². The predicted molar refractivity (Wildman–Crippen MR) is 103 cm³/mol. The summed E-state index contributed by atoms with van der Waals surface area (Å²) in [6, 6.07) is 17.5. The van der Waals surface area contributed by atoms with Crippen molar-refractivity contribution >= 4 is 16.8 Å². The number of Topliss-reactive ketones (excluding diaryl/α,β-unsaturated/α-hetero) is 1. The second kappa shape index (κ2) is 7.08. The number of para-hydroxylation sites is 1. The highest BCUT2D eigenvalue weighted by Gasteiger charge is 2.23. The van der Waals surface area contributed by atoms with Crippen molar-refractivity contribution < 1.29 is 14.3 Å². The number of carbonyl (C=O) groups is 1. The molecule has 4 aromatic rings. The molecule has 0 radical (unpaired) electrons. The standard InChI is InChI=1S/C22H15FN2O3/c23-15-10-8-14(9-11-15)13-18(26)19-20(27)17-7-4-12-24-21(17)25(22(19)28)16-5-2-1-3-6-16/h1-12,27H,13H2. The Morgan fingerprint density at radius 3 is 2.43 bits per heavy atom. The maximum absolute atomic E-state index is 13.2. The zero-order valence-corrected chi connectivity index (χ0v) is 14.7. The van der Waals surface area contributed by atoms with Crippen molar-refractivity contribution in [1.29, 1.82) is 0 Å². The molecule has 2 heterocycles. The molecular formula is C22H15FN2O3. The van der Waals surface area contributed by atoms with Crippen LogP contribution in [0.4, 0.5) is 4.39 Å². The Morgan fingerprint density at radius 2 is 1.71 bits per heavy atom. The smallest absolute Gasteiger partial charge is 0.271 e. The number of rotatable bonds is 4. The van der Waals surface area contributed by atoms with E-state index in [0.29, 0.717) is 16.6 Å². The fraction of sp³-hybridized carbons (Fsp3) is 0.0455. The van der Waals surface area contributed by atoms with Crippen LogP contribution in [0.3, 0.4) is 0 Å². The van der Waals surface area contributed by atoms with Crippen LogP contribution in [0.1, 0.15) is 15.9 Å². The first kappa shape index (κ1) is 17.6. The van der Waals surface area contributed by atoms with Crippen molar-refractivity contribution in [2.24, 2.45) is 0 Å². The van der Waals surface area contributed by atoms with Crippen LogP contribution in [0, 0.1) is 5.82 Å². The topological polar surface area (TPSA) is 72.2 Å². The summed E-state index contributed by atoms with van der Waals surface area (Å²) in [5.74, 6) is -1.36. The summed E-state index contributed by atoms with van der Waals surface area (Å²) in [5.41, 5.74) is 0.375. The second-order valence-corrected chi connectivity index (χ2v) is 6.30. The third-order valence-corrected chi connectivity index (χ3v) is 4.48. The predicted octanol–water partition coefficient (Wildman–Crippen LogP) is 3.66. The van der Waals surface area contributed by atoms with E-state index < -0.39 is 22.9 Å². The number of nitrogens with zero attached hydrogens (tertiary/aromatic N) is 2. The van der Waals surface area contributed by atoms with E-state index in [1.54, 1.807) is 36.4 Å². The van der Waals surface area contributed by atoms with Crippen molar-refractivity contribution in [3.63, 3.8) is 0 Å². The molecule has 138 valence electrons. The molecular weight excluding hydrogens is 359 g/mol. The van der Waals surface area contributed by atoms with E-state index in [1.807, 2.05) is 6.07 Å². The number of halogens is 1. The van der Waals surface area contributed by atoms with Gasteiger partial charge in [-0.1, -0.05) is 30.3 Å². The summed E-state index contributed by atoms with van der Waals surface area (Å²) in [6.45, 7) is 0. The average Bonchev–Trinajstić information content (AvgIpc) is 2.71. The maximum Gasteiger partial charge on any atom is 0.271 e. The minimum Gasteiger partial charge on any atom is -0.506 e. The van der Waals surface area contributed by atoms with Crippen molar-refractivity contribution in [3.05, 3.63) is 100 Å². The Balaban J connectivity index is 1.92. The summed E-state index contributed by atoms with van der Waals surface area (Å²) < 4.78 is 14.4. The van der Waals surface area contributed by atoms with Crippen LogP contribution in [0.2, 0.25) is 0 Å². The Kier molecular flexibility index (Phi) is 4.45. The number of ketones is 1. The molecule has 0 bridgehead atoms. The van der Waals surface area contributed by atoms with Gasteiger partial charge in [-0.25, -0.2) is 9.37 Å². The molecule has 1 N–H and O–H groups in total. The minimum atomic E-state index is -0.651. The van der Waals surface area contributed by atoms with E-state index in [2.05, 4.69) is 4.98 Å². The van der Waals surface area contributed by atoms with E-state index in [4.69, 9.17) is 0 Å². The highest BCUT2D eigenvalue weighted by Crippen LogP contribution is 2.27. The summed E-state index contributed by atoms with van der Waals surface area (Å²) in [6.07, 6.45) is 1.38. The van der Waals surface area contributed by atoms with E-state index in [9.17, 15) is 19.1 Å². The van der Waals surface area contributed by atoms with Crippen LogP contribution < -0.4 is 5.56 Å². The zero-order chi connectivity index (χ0) is 19.7. The molecule has 0 amide bonds. The SMILES string of the molecule is O=C(Cc1ccc(F)cc1)c1c(O)c2cccnc2n(-c2ccccc2)c1=O. The second-order valence-electron chi connectivity index (χ2n) is 6.30. The van der Waals surface area contributed by atoms with E-state index >= 15 is 0 Å². The van der Waals surface area contributed by atoms with Gasteiger partial charge in [-0.2, -0.15) is 0 Å². The lowest BCUT2D eigenvalue weighted by atomic mass is 10.0. The van der Waals surface area contributed by atoms with Gasteiger partial charge >= 0.3 is 0 Å². The molecule has 0 aliphatic heterocycles. The van der Waals surface area contributed by atoms with E-state index in [0.717, 1.165) is 0 Å². The average molecular weight is 374 g/mol. The number of hydrogen-bond donors (Lipinski definition) is 1. The van der Waals surface area contributed by atoms with Gasteiger partial charge in [0.15, 0.2) is 11.4 Å². The first-order valence-electron chi connectivity index (χ1n) is 8.62. The zero-order valence-electron chi connectivity index (χ0n) is 14.7. The van der Waals surface area contributed by atoms with Gasteiger partial charge in [0.2, 0.25) is 0 Å². The lowest BCUT2D eigenvalue weighted by Gasteiger charge is -2.13. The summed E-state index contributed by atoms with van der Waals surface area (Å²) >= 11 is 0. The molecule has 5 nitrogen and oxygen atoms in total. The van der Waals surface area contributed by atoms with Crippen molar-refractivity contribution in [3.8, 4) is 11.4 Å². The quantitative estimate of drug-likeness (QED) is 0.554. The molecule has 28 heavy (non-hydrogen) atoms. The maximum atomic E-state index is 13.2. The van der Waals surface area contributed by atoms with E-state index in [1.165, 1.54) is 35.0 Å². The molecule has 6 heteroatoms. The number of pyridine rings is 2. The van der Waals surface area contributed by atoms with Crippen molar-refractivity contribution in [2.75, 3.05) is 0 Å². The summed E-state index contributed by atoms with van der Waals surface area (Å²) in [5, 5.41) is 11.0. The monoisotopic (exact) mass is 374 g/mol. The molecule has 4 rings (SSSR count). The molecule has 0 aliphatic carbocycles. The summed E-state index contributed by atoms with van der Waals surface area (Å²) in [7, 11) is 0. The number of aromatic hydroxyl groups is 1.